The van der Waals surface area contributed by atoms with Crippen molar-refractivity contribution in [2.75, 3.05) is 25.5 Å². The molecule has 1 fully saturated rings. The van der Waals surface area contributed by atoms with Gasteiger partial charge in [-0.15, -0.1) is 0 Å². The molecule has 7 heteroatoms. The molecule has 1 heterocycles. The second kappa shape index (κ2) is 8.01. The molecule has 0 aromatic heterocycles. The number of carbonyl (C=O) groups is 2. The lowest BCUT2D eigenvalue weighted by molar-refractivity contribution is 0.0600. The summed E-state index contributed by atoms with van der Waals surface area (Å²) >= 11 is 0. The summed E-state index contributed by atoms with van der Waals surface area (Å²) in [4.78, 5) is 25.7. The van der Waals surface area contributed by atoms with Gasteiger partial charge in [-0.25, -0.2) is 9.59 Å². The van der Waals surface area contributed by atoms with E-state index in [4.69, 9.17) is 9.47 Å². The first kappa shape index (κ1) is 18.1. The first-order chi connectivity index (χ1) is 11.4. The molecule has 1 atom stereocenters. The molecule has 2 N–H and O–H groups in total. The Hall–Kier alpha value is -2.28. The number of likely N-dealkylation sites (tertiary alicyclic amines) is 1. The van der Waals surface area contributed by atoms with E-state index in [0.29, 0.717) is 36.5 Å². The average Bonchev–Trinajstić information content (AvgIpc) is 2.55. The highest BCUT2D eigenvalue weighted by atomic mass is 16.5. The van der Waals surface area contributed by atoms with Gasteiger partial charge < -0.3 is 24.8 Å². The molecule has 0 spiro atoms. The van der Waals surface area contributed by atoms with Crippen LogP contribution in [0.3, 0.4) is 0 Å². The van der Waals surface area contributed by atoms with Crippen LogP contribution in [0.1, 0.15) is 37.0 Å². The number of rotatable bonds is 4. The Kier molecular flexibility index (Phi) is 6.03. The van der Waals surface area contributed by atoms with Gasteiger partial charge in [0, 0.05) is 13.1 Å². The standard InChI is InChI=1S/C17H24N2O5/c1-11(2)24-15-7-6-12(16(21)23-3)9-14(15)18-17(22)19-8-4-5-13(20)10-19/h6-7,9,11,13,20H,4-5,8,10H2,1-3H3,(H,18,22)/t13-/m0/s1. The van der Waals surface area contributed by atoms with E-state index in [2.05, 4.69) is 5.32 Å². The van der Waals surface area contributed by atoms with Crippen molar-refractivity contribution in [3.63, 3.8) is 0 Å². The number of ether oxygens (including phenoxy) is 2. The summed E-state index contributed by atoms with van der Waals surface area (Å²) in [7, 11) is 1.30. The SMILES string of the molecule is COC(=O)c1ccc(OC(C)C)c(NC(=O)N2CCC[C@H](O)C2)c1. The maximum Gasteiger partial charge on any atom is 0.337 e. The third-order valence-corrected chi connectivity index (χ3v) is 3.69. The van der Waals surface area contributed by atoms with Gasteiger partial charge in [-0.1, -0.05) is 0 Å². The Morgan fingerprint density at radius 2 is 2.12 bits per heavy atom. The molecule has 1 aliphatic heterocycles. The number of piperidine rings is 1. The highest BCUT2D eigenvalue weighted by Crippen LogP contribution is 2.28. The molecule has 0 unspecified atom stereocenters. The van der Waals surface area contributed by atoms with Crippen LogP contribution in [-0.4, -0.2) is 54.4 Å². The molecular weight excluding hydrogens is 312 g/mol. The molecule has 2 rings (SSSR count). The second-order valence-corrected chi connectivity index (χ2v) is 6.04. The second-order valence-electron chi connectivity index (χ2n) is 6.04. The number of benzene rings is 1. The van der Waals surface area contributed by atoms with Crippen LogP contribution < -0.4 is 10.1 Å². The molecule has 2 amide bonds. The van der Waals surface area contributed by atoms with E-state index in [1.165, 1.54) is 13.2 Å². The van der Waals surface area contributed by atoms with Crippen molar-refractivity contribution in [1.82, 2.24) is 4.90 Å². The molecule has 0 saturated carbocycles. The van der Waals surface area contributed by atoms with Gasteiger partial charge in [0.1, 0.15) is 5.75 Å². The summed E-state index contributed by atoms with van der Waals surface area (Å²) in [6, 6.07) is 4.42. The maximum absolute atomic E-state index is 12.4. The summed E-state index contributed by atoms with van der Waals surface area (Å²) in [5.74, 6) is -0.0152. The number of methoxy groups -OCH3 is 1. The van der Waals surface area contributed by atoms with E-state index < -0.39 is 12.1 Å². The van der Waals surface area contributed by atoms with Crippen molar-refractivity contribution >= 4 is 17.7 Å². The minimum absolute atomic E-state index is 0.0820. The van der Waals surface area contributed by atoms with E-state index in [-0.39, 0.29) is 12.1 Å². The minimum Gasteiger partial charge on any atom is -0.489 e. The van der Waals surface area contributed by atoms with Gasteiger partial charge >= 0.3 is 12.0 Å². The molecule has 1 aromatic rings. The predicted molar refractivity (Wildman–Crippen MR) is 89.4 cm³/mol. The van der Waals surface area contributed by atoms with Crippen molar-refractivity contribution in [3.8, 4) is 5.75 Å². The number of hydrogen-bond donors (Lipinski definition) is 2. The van der Waals surface area contributed by atoms with Crippen LogP contribution in [0.4, 0.5) is 10.5 Å². The molecule has 1 aliphatic rings. The fraction of sp³-hybridized carbons (Fsp3) is 0.529. The van der Waals surface area contributed by atoms with Gasteiger partial charge in [0.05, 0.1) is 30.6 Å². The number of carbonyl (C=O) groups excluding carboxylic acids is 2. The van der Waals surface area contributed by atoms with Crippen molar-refractivity contribution in [2.24, 2.45) is 0 Å². The zero-order valence-electron chi connectivity index (χ0n) is 14.2. The number of amides is 2. The van der Waals surface area contributed by atoms with Crippen molar-refractivity contribution in [1.29, 1.82) is 0 Å². The van der Waals surface area contributed by atoms with Gasteiger partial charge in [-0.3, -0.25) is 0 Å². The fourth-order valence-electron chi connectivity index (χ4n) is 2.56. The molecule has 24 heavy (non-hydrogen) atoms. The lowest BCUT2D eigenvalue weighted by Gasteiger charge is -2.30. The zero-order valence-corrected chi connectivity index (χ0v) is 14.2. The van der Waals surface area contributed by atoms with Gasteiger partial charge in [-0.05, 0) is 44.9 Å². The van der Waals surface area contributed by atoms with E-state index in [1.54, 1.807) is 17.0 Å². The first-order valence-corrected chi connectivity index (χ1v) is 8.03. The Balaban J connectivity index is 2.21. The zero-order chi connectivity index (χ0) is 17.7. The number of anilines is 1. The predicted octanol–water partition coefficient (Wildman–Crippen LogP) is 2.25. The van der Waals surface area contributed by atoms with Crippen LogP contribution >= 0.6 is 0 Å². The number of nitrogens with one attached hydrogen (secondary N) is 1. The van der Waals surface area contributed by atoms with Gasteiger partial charge in [-0.2, -0.15) is 0 Å². The lowest BCUT2D eigenvalue weighted by Crippen LogP contribution is -2.44. The van der Waals surface area contributed by atoms with Gasteiger partial charge in [0.2, 0.25) is 0 Å². The van der Waals surface area contributed by atoms with Crippen LogP contribution in [0.25, 0.3) is 0 Å². The molecule has 132 valence electrons. The Morgan fingerprint density at radius 1 is 1.38 bits per heavy atom. The largest absolute Gasteiger partial charge is 0.489 e. The van der Waals surface area contributed by atoms with Gasteiger partial charge in [0.15, 0.2) is 0 Å². The van der Waals surface area contributed by atoms with E-state index >= 15 is 0 Å². The maximum atomic E-state index is 12.4. The van der Waals surface area contributed by atoms with E-state index in [1.807, 2.05) is 13.8 Å². The van der Waals surface area contributed by atoms with Crippen molar-refractivity contribution in [2.45, 2.75) is 38.9 Å². The number of nitrogens with zero attached hydrogens (tertiary/aromatic N) is 1. The number of aliphatic hydroxyl groups excluding tert-OH is 1. The van der Waals surface area contributed by atoms with Gasteiger partial charge in [0.25, 0.3) is 0 Å². The lowest BCUT2D eigenvalue weighted by atomic mass is 10.1. The molecule has 0 aliphatic carbocycles. The summed E-state index contributed by atoms with van der Waals surface area (Å²) in [5, 5.41) is 12.5. The summed E-state index contributed by atoms with van der Waals surface area (Å²) < 4.78 is 10.4. The highest BCUT2D eigenvalue weighted by Gasteiger charge is 2.23. The smallest absolute Gasteiger partial charge is 0.337 e. The van der Waals surface area contributed by atoms with Crippen molar-refractivity contribution < 1.29 is 24.2 Å². The van der Waals surface area contributed by atoms with E-state index in [9.17, 15) is 14.7 Å². The topological polar surface area (TPSA) is 88.1 Å². The summed E-state index contributed by atoms with van der Waals surface area (Å²) in [6.07, 6.45) is 0.869. The van der Waals surface area contributed by atoms with Crippen LogP contribution in [0.5, 0.6) is 5.75 Å². The van der Waals surface area contributed by atoms with Crippen molar-refractivity contribution in [3.05, 3.63) is 23.8 Å². The number of β-amino-alcohol motifs (C(OH)–C–C–N with tert-alkyl or cyclic N) is 1. The third-order valence-electron chi connectivity index (χ3n) is 3.69. The number of aliphatic hydroxyl groups is 1. The normalized spacial score (nSPS) is 17.5. The molecule has 0 radical (unpaired) electrons. The summed E-state index contributed by atoms with van der Waals surface area (Å²) in [6.45, 7) is 4.63. The number of urea groups is 1. The van der Waals surface area contributed by atoms with E-state index in [0.717, 1.165) is 6.42 Å². The molecule has 1 saturated heterocycles. The van der Waals surface area contributed by atoms with Crippen LogP contribution in [-0.2, 0) is 4.74 Å². The first-order valence-electron chi connectivity index (χ1n) is 8.03. The fourth-order valence-corrected chi connectivity index (χ4v) is 2.56. The van der Waals surface area contributed by atoms with Crippen LogP contribution in [0, 0.1) is 0 Å². The molecule has 0 bridgehead atoms. The summed E-state index contributed by atoms with van der Waals surface area (Å²) in [5.41, 5.74) is 0.722. The minimum atomic E-state index is -0.503. The van der Waals surface area contributed by atoms with Crippen LogP contribution in [0.15, 0.2) is 18.2 Å². The van der Waals surface area contributed by atoms with Crippen LogP contribution in [0.2, 0.25) is 0 Å². The monoisotopic (exact) mass is 336 g/mol. The highest BCUT2D eigenvalue weighted by molar-refractivity contribution is 5.95. The quantitative estimate of drug-likeness (QED) is 0.823. The average molecular weight is 336 g/mol. The Bertz CT molecular complexity index is 603. The molecule has 1 aromatic carbocycles. The number of hydrogen-bond acceptors (Lipinski definition) is 5. The number of esters is 1. The molecular formula is C17H24N2O5. The molecule has 7 nitrogen and oxygen atoms in total. The third kappa shape index (κ3) is 4.61. The Morgan fingerprint density at radius 3 is 2.75 bits per heavy atom. The Labute approximate surface area is 141 Å².